The predicted molar refractivity (Wildman–Crippen MR) is 123 cm³/mol. The van der Waals surface area contributed by atoms with Crippen molar-refractivity contribution in [2.24, 2.45) is 7.05 Å². The maximum Gasteiger partial charge on any atom is 0.262 e. The molecule has 1 saturated heterocycles. The molecular weight excluding hydrogens is 432 g/mol. The summed E-state index contributed by atoms with van der Waals surface area (Å²) >= 11 is 3.13. The van der Waals surface area contributed by atoms with E-state index < -0.39 is 0 Å². The lowest BCUT2D eigenvalue weighted by Gasteiger charge is -2.34. The summed E-state index contributed by atoms with van der Waals surface area (Å²) in [6.07, 6.45) is 0. The van der Waals surface area contributed by atoms with Crippen molar-refractivity contribution in [2.45, 2.75) is 11.7 Å². The van der Waals surface area contributed by atoms with Crippen molar-refractivity contribution in [1.82, 2.24) is 29.0 Å². The van der Waals surface area contributed by atoms with Gasteiger partial charge in [0.2, 0.25) is 11.7 Å². The average molecular weight is 455 g/mol. The number of hydrogen-bond donors (Lipinski definition) is 0. The molecule has 1 aromatic carbocycles. The highest BCUT2D eigenvalue weighted by Gasteiger charge is 2.22. The van der Waals surface area contributed by atoms with E-state index in [2.05, 4.69) is 32.6 Å². The van der Waals surface area contributed by atoms with Gasteiger partial charge < -0.3 is 4.90 Å². The minimum Gasteiger partial charge on any atom is -0.339 e. The fourth-order valence-electron chi connectivity index (χ4n) is 3.90. The van der Waals surface area contributed by atoms with Crippen LogP contribution in [0.25, 0.3) is 16.7 Å². The van der Waals surface area contributed by atoms with E-state index in [0.29, 0.717) is 22.1 Å². The van der Waals surface area contributed by atoms with E-state index >= 15 is 0 Å². The first-order valence-corrected chi connectivity index (χ1v) is 12.0. The Morgan fingerprint density at radius 3 is 2.68 bits per heavy atom. The van der Waals surface area contributed by atoms with Gasteiger partial charge in [0.05, 0.1) is 16.7 Å². The first-order chi connectivity index (χ1) is 15.1. The molecule has 1 aliphatic rings. The van der Waals surface area contributed by atoms with E-state index in [0.717, 1.165) is 38.2 Å². The van der Waals surface area contributed by atoms with Crippen molar-refractivity contribution in [3.8, 4) is 0 Å². The Morgan fingerprint density at radius 2 is 1.90 bits per heavy atom. The molecule has 0 unspecified atom stereocenters. The Bertz CT molecular complexity index is 1290. The molecule has 31 heavy (non-hydrogen) atoms. The molecule has 4 heterocycles. The number of carbonyl (C=O) groups excluding carboxylic acids is 1. The molecule has 160 valence electrons. The standard InChI is InChI=1S/C21H22N6O2S2/c1-24-19(29)16-6-2-3-7-17(16)27-20(24)22-23-21(27)31-14-18(28)26-10-8-25(9-11-26)13-15-5-4-12-30-15/h2-7,12H,8-11,13-14H2,1H3. The molecule has 0 spiro atoms. The highest BCUT2D eigenvalue weighted by Crippen LogP contribution is 2.22. The number of thioether (sulfide) groups is 1. The summed E-state index contributed by atoms with van der Waals surface area (Å²) in [6, 6.07) is 11.6. The number of aromatic nitrogens is 4. The molecule has 0 N–H and O–H groups in total. The lowest BCUT2D eigenvalue weighted by atomic mass is 10.2. The number of rotatable bonds is 5. The van der Waals surface area contributed by atoms with Crippen LogP contribution in [0, 0.1) is 0 Å². The molecular formula is C21H22N6O2S2. The predicted octanol–water partition coefficient (Wildman–Crippen LogP) is 2.08. The van der Waals surface area contributed by atoms with Crippen LogP contribution in [-0.4, -0.2) is 66.8 Å². The van der Waals surface area contributed by atoms with Gasteiger partial charge in [0.1, 0.15) is 0 Å². The molecule has 0 radical (unpaired) electrons. The SMILES string of the molecule is Cn1c(=O)c2ccccc2n2c(SCC(=O)N3CCN(Cc4cccs4)CC3)nnc12. The Hall–Kier alpha value is -2.69. The van der Waals surface area contributed by atoms with Crippen LogP contribution < -0.4 is 5.56 Å². The smallest absolute Gasteiger partial charge is 0.262 e. The number of piperazine rings is 1. The van der Waals surface area contributed by atoms with Gasteiger partial charge >= 0.3 is 0 Å². The molecule has 0 bridgehead atoms. The quantitative estimate of drug-likeness (QED) is 0.430. The highest BCUT2D eigenvalue weighted by molar-refractivity contribution is 7.99. The number of carbonyl (C=O) groups is 1. The van der Waals surface area contributed by atoms with Gasteiger partial charge in [0, 0.05) is 44.6 Å². The highest BCUT2D eigenvalue weighted by atomic mass is 32.2. The van der Waals surface area contributed by atoms with E-state index in [1.807, 2.05) is 27.5 Å². The van der Waals surface area contributed by atoms with Crippen molar-refractivity contribution in [1.29, 1.82) is 0 Å². The van der Waals surface area contributed by atoms with Gasteiger partial charge in [-0.25, -0.2) is 0 Å². The number of hydrogen-bond acceptors (Lipinski definition) is 7. The summed E-state index contributed by atoms with van der Waals surface area (Å²) < 4.78 is 3.35. The lowest BCUT2D eigenvalue weighted by Crippen LogP contribution is -2.48. The van der Waals surface area contributed by atoms with Crippen molar-refractivity contribution >= 4 is 45.7 Å². The van der Waals surface area contributed by atoms with E-state index in [1.165, 1.54) is 21.2 Å². The molecule has 10 heteroatoms. The van der Waals surface area contributed by atoms with E-state index in [4.69, 9.17) is 0 Å². The first-order valence-electron chi connectivity index (χ1n) is 10.1. The molecule has 0 saturated carbocycles. The molecule has 1 fully saturated rings. The molecule has 1 aliphatic heterocycles. The number of nitrogens with zero attached hydrogens (tertiary/aromatic N) is 6. The fourth-order valence-corrected chi connectivity index (χ4v) is 5.49. The maximum absolute atomic E-state index is 12.8. The van der Waals surface area contributed by atoms with Crippen LogP contribution >= 0.6 is 23.1 Å². The van der Waals surface area contributed by atoms with Crippen molar-refractivity contribution < 1.29 is 4.79 Å². The molecule has 5 rings (SSSR count). The van der Waals surface area contributed by atoms with E-state index in [-0.39, 0.29) is 11.5 Å². The average Bonchev–Trinajstić information content (AvgIpc) is 3.46. The van der Waals surface area contributed by atoms with Crippen LogP contribution in [0.4, 0.5) is 0 Å². The lowest BCUT2D eigenvalue weighted by molar-refractivity contribution is -0.130. The Labute approximate surface area is 187 Å². The topological polar surface area (TPSA) is 75.7 Å². The van der Waals surface area contributed by atoms with Gasteiger partial charge in [-0.15, -0.1) is 21.5 Å². The largest absolute Gasteiger partial charge is 0.339 e. The Balaban J connectivity index is 1.27. The van der Waals surface area contributed by atoms with Crippen LogP contribution in [0.3, 0.4) is 0 Å². The van der Waals surface area contributed by atoms with Crippen LogP contribution in [0.15, 0.2) is 51.7 Å². The molecule has 1 amide bonds. The molecule has 8 nitrogen and oxygen atoms in total. The zero-order valence-corrected chi connectivity index (χ0v) is 18.7. The number of thiophene rings is 1. The van der Waals surface area contributed by atoms with Crippen LogP contribution in [0.5, 0.6) is 0 Å². The summed E-state index contributed by atoms with van der Waals surface area (Å²) in [5, 5.41) is 11.8. The van der Waals surface area contributed by atoms with Crippen LogP contribution in [-0.2, 0) is 18.4 Å². The third-order valence-corrected chi connectivity index (χ3v) is 7.38. The second-order valence-corrected chi connectivity index (χ2v) is 9.50. The Morgan fingerprint density at radius 1 is 1.10 bits per heavy atom. The number of para-hydroxylation sites is 1. The Kier molecular flexibility index (Phi) is 5.51. The first kappa shape index (κ1) is 20.2. The minimum atomic E-state index is -0.108. The van der Waals surface area contributed by atoms with E-state index in [1.54, 1.807) is 24.5 Å². The minimum absolute atomic E-state index is 0.103. The van der Waals surface area contributed by atoms with Crippen molar-refractivity contribution in [3.05, 3.63) is 57.0 Å². The number of aryl methyl sites for hydroxylation is 1. The van der Waals surface area contributed by atoms with Gasteiger partial charge in [-0.05, 0) is 23.6 Å². The van der Waals surface area contributed by atoms with Crippen LogP contribution in [0.1, 0.15) is 4.88 Å². The summed E-state index contributed by atoms with van der Waals surface area (Å²) in [5.41, 5.74) is 0.645. The molecule has 4 aromatic rings. The van der Waals surface area contributed by atoms with E-state index in [9.17, 15) is 9.59 Å². The van der Waals surface area contributed by atoms with Crippen LogP contribution in [0.2, 0.25) is 0 Å². The van der Waals surface area contributed by atoms with Gasteiger partial charge in [-0.1, -0.05) is 30.0 Å². The fraction of sp³-hybridized carbons (Fsp3) is 0.333. The maximum atomic E-state index is 12.8. The second-order valence-electron chi connectivity index (χ2n) is 7.52. The molecule has 0 atom stereocenters. The van der Waals surface area contributed by atoms with Gasteiger partial charge in [0.25, 0.3) is 5.56 Å². The van der Waals surface area contributed by atoms with Gasteiger partial charge in [-0.3, -0.25) is 23.5 Å². The third-order valence-electron chi connectivity index (χ3n) is 5.61. The van der Waals surface area contributed by atoms with Crippen molar-refractivity contribution in [2.75, 3.05) is 31.9 Å². The van der Waals surface area contributed by atoms with Gasteiger partial charge in [-0.2, -0.15) is 0 Å². The van der Waals surface area contributed by atoms with Crippen molar-refractivity contribution in [3.63, 3.8) is 0 Å². The number of benzene rings is 1. The number of amides is 1. The number of fused-ring (bicyclic) bond motifs is 3. The summed E-state index contributed by atoms with van der Waals surface area (Å²) in [6.45, 7) is 4.20. The summed E-state index contributed by atoms with van der Waals surface area (Å²) in [5.74, 6) is 0.871. The monoisotopic (exact) mass is 454 g/mol. The molecule has 3 aromatic heterocycles. The second kappa shape index (κ2) is 8.45. The normalized spacial score (nSPS) is 15.2. The zero-order chi connectivity index (χ0) is 21.4. The zero-order valence-electron chi connectivity index (χ0n) is 17.1. The molecule has 0 aliphatic carbocycles. The summed E-state index contributed by atoms with van der Waals surface area (Å²) in [4.78, 5) is 31.0. The third kappa shape index (κ3) is 3.86. The van der Waals surface area contributed by atoms with Gasteiger partial charge in [0.15, 0.2) is 5.16 Å². The summed E-state index contributed by atoms with van der Waals surface area (Å²) in [7, 11) is 1.69.